The minimum Gasteiger partial charge on any atom is -0.761 e. The summed E-state index contributed by atoms with van der Waals surface area (Å²) in [6.45, 7) is 2.12. The highest BCUT2D eigenvalue weighted by Crippen LogP contribution is 1.83. The molecule has 0 aliphatic heterocycles. The van der Waals surface area contributed by atoms with Crippen molar-refractivity contribution in [3.05, 3.63) is 10.4 Å². The lowest BCUT2D eigenvalue weighted by Crippen LogP contribution is -2.36. The minimum atomic E-state index is -0.00694. The van der Waals surface area contributed by atoms with Crippen LogP contribution in [-0.2, 0) is 4.94 Å². The quantitative estimate of drug-likeness (QED) is 0.528. The molecule has 0 aromatic rings. The number of hydrogen-bond acceptors (Lipinski definition) is 6. The lowest BCUT2D eigenvalue weighted by Gasteiger charge is -2.33. The van der Waals surface area contributed by atoms with Crippen LogP contribution >= 0.6 is 0 Å². The first-order valence-corrected chi connectivity index (χ1v) is 2.46. The normalized spacial score (nSPS) is 11.3. The van der Waals surface area contributed by atoms with Crippen molar-refractivity contribution in [1.29, 1.82) is 0 Å². The van der Waals surface area contributed by atoms with Crippen molar-refractivity contribution in [2.45, 2.75) is 6.92 Å². The predicted molar refractivity (Wildman–Crippen MR) is 31.1 cm³/mol. The van der Waals surface area contributed by atoms with E-state index in [1.807, 2.05) is 0 Å². The van der Waals surface area contributed by atoms with E-state index in [9.17, 15) is 10.4 Å². The predicted octanol–water partition coefficient (Wildman–Crippen LogP) is -0.413. The molecule has 0 saturated heterocycles. The van der Waals surface area contributed by atoms with Crippen LogP contribution in [0.25, 0.3) is 0 Å². The number of hydroxylamine groups is 2. The van der Waals surface area contributed by atoms with Gasteiger partial charge in [-0.2, -0.15) is 5.34 Å². The van der Waals surface area contributed by atoms with Gasteiger partial charge in [0.2, 0.25) is 0 Å². The Kier molecular flexibility index (Phi) is 4.50. The lowest BCUT2D eigenvalue weighted by atomic mass is 10.8. The van der Waals surface area contributed by atoms with E-state index in [0.717, 1.165) is 7.05 Å². The summed E-state index contributed by atoms with van der Waals surface area (Å²) in [6.07, 6.45) is 0. The Balaban J connectivity index is 3.15. The molecule has 0 fully saturated rings. The van der Waals surface area contributed by atoms with Gasteiger partial charge in [0.1, 0.15) is 0 Å². The second kappa shape index (κ2) is 4.62. The summed E-state index contributed by atoms with van der Waals surface area (Å²) in [5, 5.41) is 20.2. The average molecular weight is 135 g/mol. The Labute approximate surface area is 53.0 Å². The first-order chi connectivity index (χ1) is 4.16. The molecule has 6 heteroatoms. The first kappa shape index (κ1) is 8.76. The van der Waals surface area contributed by atoms with Crippen molar-refractivity contribution < 1.29 is 4.94 Å². The fraction of sp³-hybridized carbons (Fsp3) is 1.00. The van der Waals surface area contributed by atoms with Crippen LogP contribution < -0.4 is 5.43 Å². The molecule has 0 amide bonds. The van der Waals surface area contributed by atoms with Crippen LogP contribution in [0.1, 0.15) is 6.92 Å². The molecular formula is C3H9N3O3-2. The molecule has 0 aliphatic carbocycles. The third-order valence-corrected chi connectivity index (χ3v) is 0.476. The largest absolute Gasteiger partial charge is 0.761 e. The van der Waals surface area contributed by atoms with Crippen LogP contribution in [0, 0.1) is 10.4 Å². The number of hydrazine groups is 1. The van der Waals surface area contributed by atoms with Gasteiger partial charge in [-0.3, -0.25) is 0 Å². The van der Waals surface area contributed by atoms with Crippen LogP contribution in [0.5, 0.6) is 0 Å². The van der Waals surface area contributed by atoms with Gasteiger partial charge in [0, 0.05) is 13.6 Å². The molecule has 0 atom stereocenters. The van der Waals surface area contributed by atoms with E-state index < -0.39 is 0 Å². The van der Waals surface area contributed by atoms with Crippen molar-refractivity contribution in [3.63, 3.8) is 0 Å². The second-order valence-corrected chi connectivity index (χ2v) is 1.29. The van der Waals surface area contributed by atoms with Gasteiger partial charge in [-0.15, -0.1) is 0 Å². The minimum absolute atomic E-state index is 0.00694. The maximum absolute atomic E-state index is 10.2. The lowest BCUT2D eigenvalue weighted by molar-refractivity contribution is -0.292. The van der Waals surface area contributed by atoms with Gasteiger partial charge in [0.25, 0.3) is 0 Å². The van der Waals surface area contributed by atoms with Crippen LogP contribution in [0.4, 0.5) is 0 Å². The fourth-order valence-corrected chi connectivity index (χ4v) is 0.262. The zero-order valence-electron chi connectivity index (χ0n) is 5.33. The molecule has 0 rings (SSSR count). The van der Waals surface area contributed by atoms with Crippen molar-refractivity contribution in [2.75, 3.05) is 13.6 Å². The summed E-state index contributed by atoms with van der Waals surface area (Å²) < 4.78 is 0. The number of nitrogens with zero attached hydrogens (tertiary/aromatic N) is 2. The fourth-order valence-electron chi connectivity index (χ4n) is 0.262. The molecule has 1 N–H and O–H groups in total. The molecule has 9 heavy (non-hydrogen) atoms. The van der Waals surface area contributed by atoms with E-state index in [2.05, 4.69) is 10.4 Å². The van der Waals surface area contributed by atoms with Gasteiger partial charge in [-0.1, -0.05) is 6.92 Å². The molecule has 0 aliphatic rings. The smallest absolute Gasteiger partial charge is 0.00864 e. The molecular weight excluding hydrogens is 126 g/mol. The van der Waals surface area contributed by atoms with E-state index in [1.54, 1.807) is 6.92 Å². The maximum atomic E-state index is 10.2. The van der Waals surface area contributed by atoms with Gasteiger partial charge < -0.3 is 10.4 Å². The second-order valence-electron chi connectivity index (χ2n) is 1.29. The Hall–Kier alpha value is -0.240. The summed E-state index contributed by atoms with van der Waals surface area (Å²) in [6, 6.07) is 0. The third kappa shape index (κ3) is 5.63. The summed E-state index contributed by atoms with van der Waals surface area (Å²) >= 11 is 0. The average Bonchev–Trinajstić information content (AvgIpc) is 1.63. The standard InChI is InChI=1S/C3H9N3O3/c1-3-4-6(8)9-5(2)7/h4H,3H2,1-2H3/q-2. The zero-order chi connectivity index (χ0) is 7.28. The molecule has 56 valence electrons. The zero-order valence-corrected chi connectivity index (χ0v) is 5.33. The molecule has 0 aromatic carbocycles. The van der Waals surface area contributed by atoms with Gasteiger partial charge >= 0.3 is 0 Å². The van der Waals surface area contributed by atoms with E-state index in [0.29, 0.717) is 6.54 Å². The van der Waals surface area contributed by atoms with Crippen molar-refractivity contribution >= 4 is 0 Å². The van der Waals surface area contributed by atoms with E-state index in [1.165, 1.54) is 0 Å². The van der Waals surface area contributed by atoms with Gasteiger partial charge in [-0.25, -0.2) is 15.6 Å². The summed E-state index contributed by atoms with van der Waals surface area (Å²) in [4.78, 5) is 3.94. The molecule has 0 saturated carbocycles. The topological polar surface area (TPSA) is 73.9 Å². The van der Waals surface area contributed by atoms with Crippen molar-refractivity contribution in [1.82, 2.24) is 16.0 Å². The Morgan fingerprint density at radius 1 is 1.56 bits per heavy atom. The van der Waals surface area contributed by atoms with Crippen molar-refractivity contribution in [3.8, 4) is 0 Å². The Bertz CT molecular complexity index is 69.3. The third-order valence-electron chi connectivity index (χ3n) is 0.476. The molecule has 0 bridgehead atoms. The monoisotopic (exact) mass is 135 g/mol. The highest BCUT2D eigenvalue weighted by atomic mass is 17.1. The number of rotatable bonds is 4. The highest BCUT2D eigenvalue weighted by Gasteiger charge is 1.84. The molecule has 0 unspecified atom stereocenters. The molecule has 0 radical (unpaired) electrons. The van der Waals surface area contributed by atoms with Crippen LogP contribution in [0.2, 0.25) is 0 Å². The van der Waals surface area contributed by atoms with Gasteiger partial charge in [0.15, 0.2) is 0 Å². The SMILES string of the molecule is CCNN([O-])ON(C)[O-]. The highest BCUT2D eigenvalue weighted by molar-refractivity contribution is 4.31. The Morgan fingerprint density at radius 3 is 2.44 bits per heavy atom. The van der Waals surface area contributed by atoms with Gasteiger partial charge in [-0.05, 0) is 0 Å². The number of nitrogens with one attached hydrogen (secondary N) is 1. The molecule has 0 heterocycles. The molecule has 0 aromatic heterocycles. The summed E-state index contributed by atoms with van der Waals surface area (Å²) in [7, 11) is 1.07. The molecule has 6 nitrogen and oxygen atoms in total. The van der Waals surface area contributed by atoms with E-state index in [4.69, 9.17) is 0 Å². The van der Waals surface area contributed by atoms with Crippen LogP contribution in [0.15, 0.2) is 0 Å². The number of hydrogen-bond donors (Lipinski definition) is 1. The van der Waals surface area contributed by atoms with Crippen LogP contribution in [0.3, 0.4) is 0 Å². The summed E-state index contributed by atoms with van der Waals surface area (Å²) in [5.74, 6) is 0. The maximum Gasteiger partial charge on any atom is 0.00864 e. The van der Waals surface area contributed by atoms with Crippen LogP contribution in [-0.4, -0.2) is 24.2 Å². The van der Waals surface area contributed by atoms with E-state index >= 15 is 0 Å². The van der Waals surface area contributed by atoms with Crippen molar-refractivity contribution in [2.24, 2.45) is 0 Å². The van der Waals surface area contributed by atoms with E-state index in [-0.39, 0.29) is 10.6 Å². The molecule has 0 spiro atoms. The van der Waals surface area contributed by atoms with Gasteiger partial charge in [0.05, 0.1) is 0 Å². The first-order valence-electron chi connectivity index (χ1n) is 2.46. The Morgan fingerprint density at radius 2 is 2.11 bits per heavy atom. The summed E-state index contributed by atoms with van der Waals surface area (Å²) in [5.41, 5.74) is 2.19.